The van der Waals surface area contributed by atoms with E-state index in [2.05, 4.69) is 63.3 Å². The smallest absolute Gasteiger partial charge is 0.0969 e. The van der Waals surface area contributed by atoms with Crippen LogP contribution in [0.1, 0.15) is 84.6 Å². The third-order valence-electron chi connectivity index (χ3n) is 7.27. The van der Waals surface area contributed by atoms with E-state index in [0.29, 0.717) is 11.5 Å². The minimum atomic E-state index is 0.410. The largest absolute Gasteiger partial charge is 0.370 e. The standard InChI is InChI=1S/C25H40N2/c1-19(2)10-8-11-20(3)22-15-16-23-25(22,4)17-9-14-24(27-23)26-18-21-12-6-5-7-13-21/h5-7,12-13,19-20,22-23H,8-11,14-18H2,1-4H3,(H,26,27)/t20?,22-,23-,25-/m1/s1. The Morgan fingerprint density at radius 3 is 2.63 bits per heavy atom. The Balaban J connectivity index is 1.61. The lowest BCUT2D eigenvalue weighted by Crippen LogP contribution is -2.34. The zero-order valence-electron chi connectivity index (χ0n) is 18.0. The van der Waals surface area contributed by atoms with Gasteiger partial charge in [0.25, 0.3) is 0 Å². The highest BCUT2D eigenvalue weighted by Crippen LogP contribution is 2.53. The van der Waals surface area contributed by atoms with Crippen molar-refractivity contribution in [3.05, 3.63) is 35.9 Å². The number of hydrogen-bond acceptors (Lipinski definition) is 2. The Morgan fingerprint density at radius 2 is 1.89 bits per heavy atom. The van der Waals surface area contributed by atoms with Crippen LogP contribution in [0.5, 0.6) is 0 Å². The van der Waals surface area contributed by atoms with E-state index in [1.807, 2.05) is 0 Å². The van der Waals surface area contributed by atoms with Crippen molar-refractivity contribution in [1.82, 2.24) is 5.32 Å². The Kier molecular flexibility index (Phi) is 7.00. The van der Waals surface area contributed by atoms with Crippen LogP contribution in [0.3, 0.4) is 0 Å². The molecule has 0 bridgehead atoms. The van der Waals surface area contributed by atoms with Crippen LogP contribution in [0.25, 0.3) is 0 Å². The van der Waals surface area contributed by atoms with Crippen LogP contribution in [0.15, 0.2) is 35.3 Å². The lowest BCUT2D eigenvalue weighted by Gasteiger charge is -2.38. The van der Waals surface area contributed by atoms with Crippen LogP contribution in [0.2, 0.25) is 0 Å². The number of benzene rings is 1. The monoisotopic (exact) mass is 368 g/mol. The van der Waals surface area contributed by atoms with Gasteiger partial charge in [-0.15, -0.1) is 0 Å². The maximum Gasteiger partial charge on any atom is 0.0969 e. The van der Waals surface area contributed by atoms with Gasteiger partial charge in [0.2, 0.25) is 0 Å². The first-order valence-electron chi connectivity index (χ1n) is 11.3. The van der Waals surface area contributed by atoms with Crippen molar-refractivity contribution in [2.75, 3.05) is 0 Å². The number of nitrogens with zero attached hydrogens (tertiary/aromatic N) is 1. The summed E-state index contributed by atoms with van der Waals surface area (Å²) in [5.41, 5.74) is 1.75. The van der Waals surface area contributed by atoms with E-state index in [0.717, 1.165) is 30.7 Å². The van der Waals surface area contributed by atoms with Gasteiger partial charge in [0.15, 0.2) is 0 Å². The number of aliphatic imine (C=N–C) groups is 1. The SMILES string of the molecule is CC(C)CCCC(C)[C@H]1CC[C@H]2N=C(NCc3ccccc3)CCC[C@]12C. The molecule has 2 aliphatic rings. The molecule has 1 heterocycles. The summed E-state index contributed by atoms with van der Waals surface area (Å²) < 4.78 is 0. The molecule has 0 aromatic heterocycles. The molecule has 1 unspecified atom stereocenters. The highest BCUT2D eigenvalue weighted by Gasteiger charge is 2.48. The van der Waals surface area contributed by atoms with Gasteiger partial charge in [0.05, 0.1) is 11.9 Å². The molecular formula is C25H40N2. The third-order valence-corrected chi connectivity index (χ3v) is 7.27. The summed E-state index contributed by atoms with van der Waals surface area (Å²) in [4.78, 5) is 5.27. The zero-order chi connectivity index (χ0) is 19.3. The van der Waals surface area contributed by atoms with Crippen LogP contribution in [-0.4, -0.2) is 11.9 Å². The van der Waals surface area contributed by atoms with Crippen molar-refractivity contribution >= 4 is 5.84 Å². The van der Waals surface area contributed by atoms with Crippen molar-refractivity contribution in [1.29, 1.82) is 0 Å². The van der Waals surface area contributed by atoms with E-state index >= 15 is 0 Å². The maximum absolute atomic E-state index is 5.27. The average Bonchev–Trinajstić information content (AvgIpc) is 2.87. The second-order valence-corrected chi connectivity index (χ2v) is 9.78. The fraction of sp³-hybridized carbons (Fsp3) is 0.720. The Hall–Kier alpha value is -1.31. The predicted octanol–water partition coefficient (Wildman–Crippen LogP) is 6.61. The highest BCUT2D eigenvalue weighted by molar-refractivity contribution is 5.82. The quantitative estimate of drug-likeness (QED) is 0.575. The predicted molar refractivity (Wildman–Crippen MR) is 117 cm³/mol. The van der Waals surface area contributed by atoms with Crippen LogP contribution < -0.4 is 5.32 Å². The Morgan fingerprint density at radius 1 is 1.11 bits per heavy atom. The maximum atomic E-state index is 5.27. The summed E-state index contributed by atoms with van der Waals surface area (Å²) in [6, 6.07) is 11.2. The summed E-state index contributed by atoms with van der Waals surface area (Å²) in [5.74, 6) is 3.78. The average molecular weight is 369 g/mol. The molecule has 2 nitrogen and oxygen atoms in total. The molecule has 27 heavy (non-hydrogen) atoms. The molecule has 2 heteroatoms. The Bertz CT molecular complexity index is 606. The molecule has 1 N–H and O–H groups in total. The lowest BCUT2D eigenvalue weighted by atomic mass is 9.68. The van der Waals surface area contributed by atoms with Gasteiger partial charge < -0.3 is 5.32 Å². The van der Waals surface area contributed by atoms with Crippen molar-refractivity contribution in [2.45, 2.75) is 91.6 Å². The molecule has 0 radical (unpaired) electrons. The van der Waals surface area contributed by atoms with Gasteiger partial charge in [-0.3, -0.25) is 4.99 Å². The first-order chi connectivity index (χ1) is 13.0. The van der Waals surface area contributed by atoms with Crippen molar-refractivity contribution < 1.29 is 0 Å². The topological polar surface area (TPSA) is 24.4 Å². The van der Waals surface area contributed by atoms with Gasteiger partial charge in [-0.25, -0.2) is 0 Å². The van der Waals surface area contributed by atoms with Crippen LogP contribution >= 0.6 is 0 Å². The van der Waals surface area contributed by atoms with Crippen molar-refractivity contribution in [3.8, 4) is 0 Å². The summed E-state index contributed by atoms with van der Waals surface area (Å²) >= 11 is 0. The van der Waals surface area contributed by atoms with Crippen molar-refractivity contribution in [2.24, 2.45) is 28.2 Å². The number of hydrogen-bond donors (Lipinski definition) is 1. The number of fused-ring (bicyclic) bond motifs is 1. The molecule has 150 valence electrons. The van der Waals surface area contributed by atoms with E-state index in [1.165, 1.54) is 56.3 Å². The molecule has 1 aliphatic carbocycles. The lowest BCUT2D eigenvalue weighted by molar-refractivity contribution is 0.129. The molecule has 0 spiro atoms. The Labute approximate surface area is 167 Å². The van der Waals surface area contributed by atoms with Gasteiger partial charge in [-0.2, -0.15) is 0 Å². The minimum absolute atomic E-state index is 0.410. The van der Waals surface area contributed by atoms with Gasteiger partial charge in [-0.05, 0) is 54.4 Å². The fourth-order valence-electron chi connectivity index (χ4n) is 5.62. The molecule has 1 aromatic rings. The molecular weight excluding hydrogens is 328 g/mol. The number of nitrogens with one attached hydrogen (secondary N) is 1. The minimum Gasteiger partial charge on any atom is -0.370 e. The third kappa shape index (κ3) is 5.15. The molecule has 3 rings (SSSR count). The van der Waals surface area contributed by atoms with Crippen molar-refractivity contribution in [3.63, 3.8) is 0 Å². The van der Waals surface area contributed by atoms with E-state index in [4.69, 9.17) is 4.99 Å². The van der Waals surface area contributed by atoms with Gasteiger partial charge in [-0.1, -0.05) is 77.3 Å². The molecule has 1 fully saturated rings. The van der Waals surface area contributed by atoms with E-state index in [9.17, 15) is 0 Å². The first-order valence-corrected chi connectivity index (χ1v) is 11.3. The summed E-state index contributed by atoms with van der Waals surface area (Å²) in [7, 11) is 0. The molecule has 4 atom stereocenters. The van der Waals surface area contributed by atoms with Gasteiger partial charge in [0.1, 0.15) is 0 Å². The highest BCUT2D eigenvalue weighted by atomic mass is 15.0. The molecule has 1 aromatic carbocycles. The molecule has 0 saturated heterocycles. The van der Waals surface area contributed by atoms with Crippen LogP contribution in [0.4, 0.5) is 0 Å². The van der Waals surface area contributed by atoms with Gasteiger partial charge in [0, 0.05) is 13.0 Å². The first kappa shape index (κ1) is 20.4. The van der Waals surface area contributed by atoms with Crippen LogP contribution in [0, 0.1) is 23.2 Å². The van der Waals surface area contributed by atoms with Gasteiger partial charge >= 0.3 is 0 Å². The van der Waals surface area contributed by atoms with E-state index in [1.54, 1.807) is 0 Å². The number of amidine groups is 1. The van der Waals surface area contributed by atoms with E-state index < -0.39 is 0 Å². The normalized spacial score (nSPS) is 29.1. The fourth-order valence-corrected chi connectivity index (χ4v) is 5.62. The second-order valence-electron chi connectivity index (χ2n) is 9.78. The summed E-state index contributed by atoms with van der Waals surface area (Å²) in [6.45, 7) is 10.7. The molecule has 1 saturated carbocycles. The summed E-state index contributed by atoms with van der Waals surface area (Å²) in [6.07, 6.45) is 10.6. The molecule has 0 amide bonds. The van der Waals surface area contributed by atoms with Crippen LogP contribution in [-0.2, 0) is 6.54 Å². The second kappa shape index (κ2) is 9.26. The zero-order valence-corrected chi connectivity index (χ0v) is 18.0. The number of rotatable bonds is 7. The van der Waals surface area contributed by atoms with E-state index in [-0.39, 0.29) is 0 Å². The molecule has 1 aliphatic heterocycles. The summed E-state index contributed by atoms with van der Waals surface area (Å²) in [5, 5.41) is 3.65.